The van der Waals surface area contributed by atoms with Crippen LogP contribution in [0.1, 0.15) is 33.4 Å². The van der Waals surface area contributed by atoms with Crippen molar-refractivity contribution in [3.63, 3.8) is 0 Å². The average Bonchev–Trinajstić information content (AvgIpc) is 3.22. The third-order valence-electron chi connectivity index (χ3n) is 5.98. The van der Waals surface area contributed by atoms with Gasteiger partial charge in [0.15, 0.2) is 5.69 Å². The SMILES string of the molecule is Cc1cccc(N2CCN(C(=O)c3nnn4c3CO[C@H](c3ccc(F)cc3)C4)CC2)c1. The van der Waals surface area contributed by atoms with Gasteiger partial charge in [-0.05, 0) is 42.3 Å². The van der Waals surface area contributed by atoms with Crippen molar-refractivity contribution in [2.75, 3.05) is 31.1 Å². The smallest absolute Gasteiger partial charge is 0.276 e. The second-order valence-electron chi connectivity index (χ2n) is 8.04. The maximum Gasteiger partial charge on any atom is 0.276 e. The molecule has 1 atom stereocenters. The third kappa shape index (κ3) is 3.90. The van der Waals surface area contributed by atoms with Gasteiger partial charge < -0.3 is 14.5 Å². The van der Waals surface area contributed by atoms with Crippen LogP contribution >= 0.6 is 0 Å². The summed E-state index contributed by atoms with van der Waals surface area (Å²) >= 11 is 0. The highest BCUT2D eigenvalue weighted by atomic mass is 19.1. The monoisotopic (exact) mass is 421 g/mol. The van der Waals surface area contributed by atoms with Crippen LogP contribution < -0.4 is 4.90 Å². The zero-order chi connectivity index (χ0) is 21.4. The van der Waals surface area contributed by atoms with Crippen molar-refractivity contribution in [1.29, 1.82) is 0 Å². The summed E-state index contributed by atoms with van der Waals surface area (Å²) in [5.74, 6) is -0.384. The summed E-state index contributed by atoms with van der Waals surface area (Å²) < 4.78 is 20.9. The van der Waals surface area contributed by atoms with Crippen molar-refractivity contribution in [3.05, 3.63) is 76.9 Å². The molecule has 160 valence electrons. The number of piperazine rings is 1. The topological polar surface area (TPSA) is 63.5 Å². The molecule has 2 aromatic carbocycles. The molecule has 0 saturated carbocycles. The van der Waals surface area contributed by atoms with Crippen LogP contribution in [-0.4, -0.2) is 52.0 Å². The Bertz CT molecular complexity index is 1090. The van der Waals surface area contributed by atoms with E-state index in [1.165, 1.54) is 23.4 Å². The van der Waals surface area contributed by atoms with Crippen LogP contribution in [0.5, 0.6) is 0 Å². The maximum absolute atomic E-state index is 13.2. The maximum atomic E-state index is 13.2. The van der Waals surface area contributed by atoms with E-state index in [0.717, 1.165) is 18.7 Å². The Hall–Kier alpha value is -3.26. The van der Waals surface area contributed by atoms with Gasteiger partial charge in [-0.25, -0.2) is 9.07 Å². The minimum Gasteiger partial charge on any atom is -0.368 e. The largest absolute Gasteiger partial charge is 0.368 e. The van der Waals surface area contributed by atoms with Crippen LogP contribution in [0.3, 0.4) is 0 Å². The molecular formula is C23H24FN5O2. The van der Waals surface area contributed by atoms with Crippen molar-refractivity contribution in [1.82, 2.24) is 19.9 Å². The van der Waals surface area contributed by atoms with Crippen LogP contribution in [-0.2, 0) is 17.9 Å². The predicted molar refractivity (Wildman–Crippen MR) is 113 cm³/mol. The fourth-order valence-electron chi connectivity index (χ4n) is 4.20. The van der Waals surface area contributed by atoms with E-state index >= 15 is 0 Å². The van der Waals surface area contributed by atoms with Crippen molar-refractivity contribution in [2.45, 2.75) is 26.2 Å². The van der Waals surface area contributed by atoms with Crippen LogP contribution in [0, 0.1) is 12.7 Å². The normalized spacial score (nSPS) is 18.7. The van der Waals surface area contributed by atoms with E-state index < -0.39 is 0 Å². The number of amides is 1. The highest BCUT2D eigenvalue weighted by molar-refractivity contribution is 5.93. The highest BCUT2D eigenvalue weighted by Crippen LogP contribution is 2.28. The molecule has 1 fully saturated rings. The molecule has 1 aromatic heterocycles. The zero-order valence-electron chi connectivity index (χ0n) is 17.4. The first-order chi connectivity index (χ1) is 15.1. The lowest BCUT2D eigenvalue weighted by Crippen LogP contribution is -2.49. The number of hydrogen-bond donors (Lipinski definition) is 0. The van der Waals surface area contributed by atoms with Crippen LogP contribution in [0.15, 0.2) is 48.5 Å². The molecule has 0 N–H and O–H groups in total. The first kappa shape index (κ1) is 19.7. The molecule has 2 aliphatic rings. The summed E-state index contributed by atoms with van der Waals surface area (Å²) in [5, 5.41) is 8.36. The fourth-order valence-corrected chi connectivity index (χ4v) is 4.20. The van der Waals surface area contributed by atoms with Crippen molar-refractivity contribution in [3.8, 4) is 0 Å². The minimum atomic E-state index is -0.281. The second-order valence-corrected chi connectivity index (χ2v) is 8.04. The molecule has 1 amide bonds. The Kier molecular flexibility index (Phi) is 5.15. The van der Waals surface area contributed by atoms with Crippen molar-refractivity contribution >= 4 is 11.6 Å². The number of aromatic nitrogens is 3. The molecular weight excluding hydrogens is 397 g/mol. The average molecular weight is 421 g/mol. The van der Waals surface area contributed by atoms with Crippen molar-refractivity contribution < 1.29 is 13.9 Å². The van der Waals surface area contributed by atoms with Gasteiger partial charge in [-0.2, -0.15) is 0 Å². The standard InChI is InChI=1S/C23H24FN5O2/c1-16-3-2-4-19(13-16)27-9-11-28(12-10-27)23(30)22-20-15-31-21(14-29(20)26-25-22)17-5-7-18(24)8-6-17/h2-8,13,21H,9-12,14-15H2,1H3/t21-/m0/s1. The Morgan fingerprint density at radius 2 is 1.87 bits per heavy atom. The molecule has 8 heteroatoms. The number of anilines is 1. The number of hydrogen-bond acceptors (Lipinski definition) is 5. The molecule has 3 heterocycles. The van der Waals surface area contributed by atoms with E-state index in [9.17, 15) is 9.18 Å². The number of halogens is 1. The molecule has 0 aliphatic carbocycles. The number of rotatable bonds is 3. The quantitative estimate of drug-likeness (QED) is 0.651. The molecule has 2 aliphatic heterocycles. The van der Waals surface area contributed by atoms with Gasteiger partial charge >= 0.3 is 0 Å². The Morgan fingerprint density at radius 3 is 2.61 bits per heavy atom. The summed E-state index contributed by atoms with van der Waals surface area (Å²) in [5.41, 5.74) is 4.35. The summed E-state index contributed by atoms with van der Waals surface area (Å²) in [4.78, 5) is 17.2. The Balaban J connectivity index is 1.25. The van der Waals surface area contributed by atoms with E-state index in [0.29, 0.717) is 31.0 Å². The number of nitrogens with zero attached hydrogens (tertiary/aromatic N) is 5. The van der Waals surface area contributed by atoms with Gasteiger partial charge in [-0.1, -0.05) is 29.5 Å². The molecule has 0 unspecified atom stereocenters. The van der Waals surface area contributed by atoms with Gasteiger partial charge in [0.05, 0.1) is 18.8 Å². The summed E-state index contributed by atoms with van der Waals surface area (Å²) in [6.45, 7) is 5.61. The lowest BCUT2D eigenvalue weighted by Gasteiger charge is -2.36. The van der Waals surface area contributed by atoms with Crippen LogP contribution in [0.2, 0.25) is 0 Å². The Labute approximate surface area is 180 Å². The molecule has 0 radical (unpaired) electrons. The number of carbonyl (C=O) groups is 1. The lowest BCUT2D eigenvalue weighted by molar-refractivity contribution is -0.00199. The van der Waals surface area contributed by atoms with Crippen molar-refractivity contribution in [2.24, 2.45) is 0 Å². The van der Waals surface area contributed by atoms with E-state index in [1.54, 1.807) is 16.8 Å². The van der Waals surface area contributed by atoms with Gasteiger partial charge in [-0.3, -0.25) is 4.79 Å². The first-order valence-electron chi connectivity index (χ1n) is 10.5. The molecule has 1 saturated heterocycles. The molecule has 3 aromatic rings. The van der Waals surface area contributed by atoms with Gasteiger partial charge in [0, 0.05) is 31.9 Å². The lowest BCUT2D eigenvalue weighted by atomic mass is 10.1. The highest BCUT2D eigenvalue weighted by Gasteiger charge is 2.31. The molecule has 0 bridgehead atoms. The summed E-state index contributed by atoms with van der Waals surface area (Å²) in [7, 11) is 0. The number of benzene rings is 2. The van der Waals surface area contributed by atoms with E-state index in [1.807, 2.05) is 4.90 Å². The van der Waals surface area contributed by atoms with E-state index in [4.69, 9.17) is 4.74 Å². The molecule has 31 heavy (non-hydrogen) atoms. The number of carbonyl (C=O) groups excluding carboxylic acids is 1. The predicted octanol–water partition coefficient (Wildman–Crippen LogP) is 2.96. The molecule has 5 rings (SSSR count). The minimum absolute atomic E-state index is 0.103. The number of fused-ring (bicyclic) bond motifs is 1. The van der Waals surface area contributed by atoms with Crippen LogP contribution in [0.4, 0.5) is 10.1 Å². The van der Waals surface area contributed by atoms with Gasteiger partial charge in [0.1, 0.15) is 11.9 Å². The van der Waals surface area contributed by atoms with E-state index in [-0.39, 0.29) is 24.4 Å². The van der Waals surface area contributed by atoms with Gasteiger partial charge in [-0.15, -0.1) is 5.10 Å². The van der Waals surface area contributed by atoms with Gasteiger partial charge in [0.2, 0.25) is 0 Å². The molecule has 7 nitrogen and oxygen atoms in total. The third-order valence-corrected chi connectivity index (χ3v) is 5.98. The molecule has 0 spiro atoms. The summed E-state index contributed by atoms with van der Waals surface area (Å²) in [6.07, 6.45) is -0.240. The first-order valence-corrected chi connectivity index (χ1v) is 10.5. The Morgan fingerprint density at radius 1 is 1.10 bits per heavy atom. The zero-order valence-corrected chi connectivity index (χ0v) is 17.4. The fraction of sp³-hybridized carbons (Fsp3) is 0.348. The number of ether oxygens (including phenoxy) is 1. The second kappa shape index (κ2) is 8.11. The van der Waals surface area contributed by atoms with Crippen LogP contribution in [0.25, 0.3) is 0 Å². The summed E-state index contributed by atoms with van der Waals surface area (Å²) in [6, 6.07) is 14.7. The van der Waals surface area contributed by atoms with Gasteiger partial charge in [0.25, 0.3) is 5.91 Å². The number of aryl methyl sites for hydroxylation is 1. The van der Waals surface area contributed by atoms with E-state index in [2.05, 4.69) is 46.4 Å².